The Balaban J connectivity index is 1.58. The SMILES string of the molecule is C[C@@H]1CN(c2cc(F)c(F)cc2F)CCN1S(=O)(=O)c1cccc(-n2cncn2)c1. The van der Waals surface area contributed by atoms with Gasteiger partial charge < -0.3 is 4.90 Å². The van der Waals surface area contributed by atoms with Crippen LogP contribution in [-0.4, -0.2) is 53.2 Å². The van der Waals surface area contributed by atoms with Crippen LogP contribution in [0, 0.1) is 17.5 Å². The van der Waals surface area contributed by atoms with E-state index < -0.39 is 33.5 Å². The van der Waals surface area contributed by atoms with Crippen LogP contribution in [0.3, 0.4) is 0 Å². The first-order chi connectivity index (χ1) is 14.3. The fourth-order valence-corrected chi connectivity index (χ4v) is 5.19. The van der Waals surface area contributed by atoms with Gasteiger partial charge in [-0.1, -0.05) is 6.07 Å². The van der Waals surface area contributed by atoms with Crippen molar-refractivity contribution < 1.29 is 21.6 Å². The molecule has 1 aliphatic heterocycles. The molecular formula is C19H18F3N5O2S. The normalized spacial score (nSPS) is 18.0. The summed E-state index contributed by atoms with van der Waals surface area (Å²) >= 11 is 0. The van der Waals surface area contributed by atoms with E-state index in [0.29, 0.717) is 11.8 Å². The van der Waals surface area contributed by atoms with Crippen LogP contribution in [0.5, 0.6) is 0 Å². The molecule has 4 rings (SSSR count). The van der Waals surface area contributed by atoms with E-state index in [-0.39, 0.29) is 30.2 Å². The largest absolute Gasteiger partial charge is 0.366 e. The van der Waals surface area contributed by atoms with Crippen molar-refractivity contribution in [1.29, 1.82) is 0 Å². The van der Waals surface area contributed by atoms with Crippen LogP contribution >= 0.6 is 0 Å². The van der Waals surface area contributed by atoms with Crippen LogP contribution in [0.25, 0.3) is 5.69 Å². The lowest BCUT2D eigenvalue weighted by Gasteiger charge is -2.40. The van der Waals surface area contributed by atoms with E-state index in [9.17, 15) is 21.6 Å². The minimum Gasteiger partial charge on any atom is -0.366 e. The van der Waals surface area contributed by atoms with Crippen LogP contribution in [0.4, 0.5) is 18.9 Å². The zero-order valence-electron chi connectivity index (χ0n) is 15.9. The monoisotopic (exact) mass is 437 g/mol. The van der Waals surface area contributed by atoms with E-state index in [4.69, 9.17) is 0 Å². The molecule has 2 aromatic carbocycles. The van der Waals surface area contributed by atoms with E-state index in [2.05, 4.69) is 10.1 Å². The quantitative estimate of drug-likeness (QED) is 0.587. The van der Waals surface area contributed by atoms with E-state index in [1.54, 1.807) is 19.1 Å². The second kappa shape index (κ2) is 7.73. The lowest BCUT2D eigenvalue weighted by atomic mass is 10.2. The van der Waals surface area contributed by atoms with Gasteiger partial charge in [0.1, 0.15) is 18.5 Å². The highest BCUT2D eigenvalue weighted by molar-refractivity contribution is 7.89. The Morgan fingerprint density at radius 2 is 1.80 bits per heavy atom. The molecule has 0 unspecified atom stereocenters. The van der Waals surface area contributed by atoms with Crippen molar-refractivity contribution in [3.8, 4) is 5.69 Å². The predicted molar refractivity (Wildman–Crippen MR) is 103 cm³/mol. The first kappa shape index (κ1) is 20.4. The van der Waals surface area contributed by atoms with Gasteiger partial charge >= 0.3 is 0 Å². The first-order valence-electron chi connectivity index (χ1n) is 9.14. The van der Waals surface area contributed by atoms with Crippen LogP contribution in [0.15, 0.2) is 53.9 Å². The van der Waals surface area contributed by atoms with Gasteiger partial charge in [-0.05, 0) is 25.1 Å². The Morgan fingerprint density at radius 3 is 2.50 bits per heavy atom. The summed E-state index contributed by atoms with van der Waals surface area (Å²) in [5, 5.41) is 4.00. The standard InChI is InChI=1S/C19H18F3N5O2S/c1-13-10-25(19-9-17(21)16(20)8-18(19)22)5-6-27(13)30(28,29)15-4-2-3-14(7-15)26-12-23-11-24-26/h2-4,7-9,11-13H,5-6,10H2,1H3/t13-/m1/s1. The Hall–Kier alpha value is -2.92. The lowest BCUT2D eigenvalue weighted by Crippen LogP contribution is -2.54. The Kier molecular flexibility index (Phi) is 5.24. The maximum absolute atomic E-state index is 14.1. The van der Waals surface area contributed by atoms with Gasteiger partial charge in [-0.2, -0.15) is 9.40 Å². The van der Waals surface area contributed by atoms with Crippen molar-refractivity contribution in [2.24, 2.45) is 0 Å². The third kappa shape index (κ3) is 3.65. The highest BCUT2D eigenvalue weighted by Gasteiger charge is 2.34. The summed E-state index contributed by atoms with van der Waals surface area (Å²) in [6.07, 6.45) is 2.81. The molecule has 0 spiro atoms. The molecule has 3 aromatic rings. The number of hydrogen-bond acceptors (Lipinski definition) is 5. The van der Waals surface area contributed by atoms with Crippen LogP contribution < -0.4 is 4.90 Å². The van der Waals surface area contributed by atoms with Gasteiger partial charge in [-0.3, -0.25) is 0 Å². The molecule has 0 bridgehead atoms. The van der Waals surface area contributed by atoms with E-state index in [1.165, 1.54) is 38.7 Å². The number of nitrogens with zero attached hydrogens (tertiary/aromatic N) is 5. The topological polar surface area (TPSA) is 71.3 Å². The van der Waals surface area contributed by atoms with Crippen molar-refractivity contribution in [1.82, 2.24) is 19.1 Å². The van der Waals surface area contributed by atoms with Crippen molar-refractivity contribution in [2.45, 2.75) is 17.9 Å². The van der Waals surface area contributed by atoms with Crippen molar-refractivity contribution in [3.05, 3.63) is 66.5 Å². The fourth-order valence-electron chi connectivity index (χ4n) is 3.53. The molecule has 1 saturated heterocycles. The Bertz CT molecular complexity index is 1170. The second-order valence-electron chi connectivity index (χ2n) is 6.97. The van der Waals surface area contributed by atoms with E-state index in [1.807, 2.05) is 0 Å². The Morgan fingerprint density at radius 1 is 1.03 bits per heavy atom. The molecule has 1 atom stereocenters. The summed E-state index contributed by atoms with van der Waals surface area (Å²) in [5.41, 5.74) is 0.453. The molecule has 0 N–H and O–H groups in total. The number of piperazine rings is 1. The molecule has 2 heterocycles. The summed E-state index contributed by atoms with van der Waals surface area (Å²) in [5.74, 6) is -3.31. The molecule has 1 fully saturated rings. The highest BCUT2D eigenvalue weighted by atomic mass is 32.2. The molecule has 7 nitrogen and oxygen atoms in total. The molecule has 0 aliphatic carbocycles. The number of sulfonamides is 1. The van der Waals surface area contributed by atoms with Crippen LogP contribution in [0.1, 0.15) is 6.92 Å². The zero-order chi connectivity index (χ0) is 21.5. The van der Waals surface area contributed by atoms with Crippen molar-refractivity contribution in [2.75, 3.05) is 24.5 Å². The third-order valence-electron chi connectivity index (χ3n) is 5.00. The average Bonchev–Trinajstić information content (AvgIpc) is 3.25. The summed E-state index contributed by atoms with van der Waals surface area (Å²) in [4.78, 5) is 5.46. The van der Waals surface area contributed by atoms with Gasteiger partial charge in [0, 0.05) is 37.8 Å². The fraction of sp³-hybridized carbons (Fsp3) is 0.263. The number of aromatic nitrogens is 3. The molecular weight excluding hydrogens is 419 g/mol. The van der Waals surface area contributed by atoms with Gasteiger partial charge in [0.25, 0.3) is 0 Å². The van der Waals surface area contributed by atoms with Gasteiger partial charge in [0.05, 0.1) is 16.3 Å². The summed E-state index contributed by atoms with van der Waals surface area (Å²) < 4.78 is 70.1. The second-order valence-corrected chi connectivity index (χ2v) is 8.86. The number of halogens is 3. The van der Waals surface area contributed by atoms with E-state index in [0.717, 1.165) is 6.07 Å². The van der Waals surface area contributed by atoms with Gasteiger partial charge in [-0.15, -0.1) is 0 Å². The molecule has 1 aromatic heterocycles. The number of benzene rings is 2. The molecule has 0 saturated carbocycles. The predicted octanol–water partition coefficient (Wildman–Crippen LogP) is 2.58. The van der Waals surface area contributed by atoms with Crippen LogP contribution in [0.2, 0.25) is 0 Å². The maximum Gasteiger partial charge on any atom is 0.243 e. The van der Waals surface area contributed by atoms with Gasteiger partial charge in [0.15, 0.2) is 11.6 Å². The molecule has 158 valence electrons. The number of hydrogen-bond donors (Lipinski definition) is 0. The first-order valence-corrected chi connectivity index (χ1v) is 10.6. The molecule has 0 radical (unpaired) electrons. The minimum atomic E-state index is -3.84. The minimum absolute atomic E-state index is 0.0650. The molecule has 1 aliphatic rings. The van der Waals surface area contributed by atoms with Gasteiger partial charge in [0.2, 0.25) is 10.0 Å². The van der Waals surface area contributed by atoms with Crippen LogP contribution in [-0.2, 0) is 10.0 Å². The maximum atomic E-state index is 14.1. The molecule has 30 heavy (non-hydrogen) atoms. The number of rotatable bonds is 4. The van der Waals surface area contributed by atoms with Crippen molar-refractivity contribution in [3.63, 3.8) is 0 Å². The number of anilines is 1. The van der Waals surface area contributed by atoms with E-state index >= 15 is 0 Å². The highest BCUT2D eigenvalue weighted by Crippen LogP contribution is 2.28. The van der Waals surface area contributed by atoms with Gasteiger partial charge in [-0.25, -0.2) is 31.3 Å². The summed E-state index contributed by atoms with van der Waals surface area (Å²) in [7, 11) is -3.84. The Labute approximate surface area is 171 Å². The summed E-state index contributed by atoms with van der Waals surface area (Å²) in [6, 6.07) is 7.08. The average molecular weight is 437 g/mol. The lowest BCUT2D eigenvalue weighted by molar-refractivity contribution is 0.305. The smallest absolute Gasteiger partial charge is 0.243 e. The molecule has 11 heteroatoms. The third-order valence-corrected chi connectivity index (χ3v) is 7.01. The zero-order valence-corrected chi connectivity index (χ0v) is 16.7. The molecule has 0 amide bonds. The van der Waals surface area contributed by atoms with Crippen molar-refractivity contribution >= 4 is 15.7 Å². The summed E-state index contributed by atoms with van der Waals surface area (Å²) in [6.45, 7) is 2.01.